The van der Waals surface area contributed by atoms with Crippen molar-refractivity contribution < 1.29 is 8.78 Å². The van der Waals surface area contributed by atoms with Gasteiger partial charge in [0.2, 0.25) is 11.9 Å². The summed E-state index contributed by atoms with van der Waals surface area (Å²) in [6.07, 6.45) is 4.96. The van der Waals surface area contributed by atoms with E-state index in [1.165, 1.54) is 12.1 Å². The fourth-order valence-electron chi connectivity index (χ4n) is 2.82. The van der Waals surface area contributed by atoms with Crippen molar-refractivity contribution in [2.24, 2.45) is 0 Å². The normalized spacial score (nSPS) is 16.3. The van der Waals surface area contributed by atoms with Crippen LogP contribution in [0.25, 0.3) is 11.6 Å². The van der Waals surface area contributed by atoms with Crippen molar-refractivity contribution in [3.05, 3.63) is 59.9 Å². The van der Waals surface area contributed by atoms with Crippen LogP contribution in [0.15, 0.2) is 36.8 Å². The second kappa shape index (κ2) is 5.55. The highest BCUT2D eigenvalue weighted by Gasteiger charge is 2.30. The van der Waals surface area contributed by atoms with Gasteiger partial charge in [-0.15, -0.1) is 0 Å². The molecule has 0 spiro atoms. The lowest BCUT2D eigenvalue weighted by Crippen LogP contribution is -2.19. The van der Waals surface area contributed by atoms with Gasteiger partial charge in [-0.25, -0.2) is 19.9 Å². The predicted octanol–water partition coefficient (Wildman–Crippen LogP) is 2.69. The number of anilines is 1. The van der Waals surface area contributed by atoms with Crippen LogP contribution in [0.2, 0.25) is 0 Å². The van der Waals surface area contributed by atoms with Gasteiger partial charge in [0.1, 0.15) is 0 Å². The largest absolute Gasteiger partial charge is 0.358 e. The topological polar surface area (TPSA) is 67.7 Å². The van der Waals surface area contributed by atoms with Crippen LogP contribution in [0.4, 0.5) is 14.5 Å². The first-order chi connectivity index (χ1) is 11.6. The summed E-state index contributed by atoms with van der Waals surface area (Å²) >= 11 is 0. The molecule has 120 valence electrons. The van der Waals surface area contributed by atoms with Crippen molar-refractivity contribution in [3.8, 4) is 11.6 Å². The molecule has 4 heterocycles. The molecular formula is C16H12F2N6. The Morgan fingerprint density at radius 2 is 1.71 bits per heavy atom. The molecule has 1 aliphatic heterocycles. The first-order valence-corrected chi connectivity index (χ1v) is 7.35. The molecule has 4 rings (SSSR count). The molecule has 0 saturated heterocycles. The van der Waals surface area contributed by atoms with Crippen molar-refractivity contribution >= 4 is 5.69 Å². The molecule has 3 aromatic heterocycles. The van der Waals surface area contributed by atoms with Gasteiger partial charge in [0.15, 0.2) is 11.6 Å². The summed E-state index contributed by atoms with van der Waals surface area (Å²) in [6, 6.07) is 4.03. The molecule has 0 radical (unpaired) electrons. The van der Waals surface area contributed by atoms with Gasteiger partial charge in [-0.2, -0.15) is 13.8 Å². The molecule has 0 aromatic carbocycles. The molecule has 3 aromatic rings. The van der Waals surface area contributed by atoms with Crippen molar-refractivity contribution in [2.75, 3.05) is 4.90 Å². The summed E-state index contributed by atoms with van der Waals surface area (Å²) in [5.74, 6) is -0.835. The summed E-state index contributed by atoms with van der Waals surface area (Å²) in [4.78, 5) is 22.1. The third-order valence-corrected chi connectivity index (χ3v) is 3.98. The third kappa shape index (κ3) is 2.45. The van der Waals surface area contributed by atoms with Crippen LogP contribution in [0.5, 0.6) is 0 Å². The van der Waals surface area contributed by atoms with Crippen molar-refractivity contribution in [2.45, 2.75) is 19.5 Å². The minimum Gasteiger partial charge on any atom is -0.358 e. The molecular weight excluding hydrogens is 314 g/mol. The maximum Gasteiger partial charge on any atom is 0.217 e. The lowest BCUT2D eigenvalue weighted by Gasteiger charge is -2.23. The molecule has 0 fully saturated rings. The zero-order chi connectivity index (χ0) is 16.7. The van der Waals surface area contributed by atoms with E-state index in [-0.39, 0.29) is 6.04 Å². The van der Waals surface area contributed by atoms with Gasteiger partial charge in [0.25, 0.3) is 0 Å². The summed E-state index contributed by atoms with van der Waals surface area (Å²) in [5.41, 5.74) is 2.12. The van der Waals surface area contributed by atoms with Crippen molar-refractivity contribution in [1.29, 1.82) is 0 Å². The zero-order valence-electron chi connectivity index (χ0n) is 12.7. The molecule has 1 atom stereocenters. The van der Waals surface area contributed by atoms with E-state index >= 15 is 0 Å². The van der Waals surface area contributed by atoms with Crippen LogP contribution in [0.3, 0.4) is 0 Å². The van der Waals surface area contributed by atoms with Crippen molar-refractivity contribution in [1.82, 2.24) is 24.9 Å². The smallest absolute Gasteiger partial charge is 0.217 e. The highest BCUT2D eigenvalue weighted by atomic mass is 19.1. The van der Waals surface area contributed by atoms with Crippen LogP contribution in [0.1, 0.15) is 24.2 Å². The third-order valence-electron chi connectivity index (χ3n) is 3.98. The summed E-state index contributed by atoms with van der Waals surface area (Å²) in [6.45, 7) is 2.35. The van der Waals surface area contributed by atoms with Gasteiger partial charge >= 0.3 is 0 Å². The molecule has 24 heavy (non-hydrogen) atoms. The van der Waals surface area contributed by atoms with E-state index in [4.69, 9.17) is 0 Å². The van der Waals surface area contributed by atoms with E-state index in [1.54, 1.807) is 24.7 Å². The second-order valence-corrected chi connectivity index (χ2v) is 5.44. The number of rotatable bonds is 2. The van der Waals surface area contributed by atoms with E-state index < -0.39 is 11.9 Å². The zero-order valence-corrected chi connectivity index (χ0v) is 12.7. The molecule has 0 aliphatic carbocycles. The Morgan fingerprint density at radius 3 is 2.42 bits per heavy atom. The number of pyridine rings is 1. The molecule has 0 amide bonds. The Bertz CT molecular complexity index is 882. The van der Waals surface area contributed by atoms with Crippen LogP contribution in [0, 0.1) is 11.9 Å². The summed E-state index contributed by atoms with van der Waals surface area (Å²) in [7, 11) is 0. The highest BCUT2D eigenvalue weighted by molar-refractivity contribution is 5.54. The van der Waals surface area contributed by atoms with E-state index in [0.29, 0.717) is 23.9 Å². The number of halogens is 2. The fourth-order valence-corrected chi connectivity index (χ4v) is 2.82. The monoisotopic (exact) mass is 326 g/mol. The molecule has 0 bridgehead atoms. The maximum atomic E-state index is 13.4. The minimum absolute atomic E-state index is 0.105. The average Bonchev–Trinajstić information content (AvgIpc) is 2.91. The van der Waals surface area contributed by atoms with Crippen LogP contribution >= 0.6 is 0 Å². The summed E-state index contributed by atoms with van der Waals surface area (Å²) < 4.78 is 26.8. The Morgan fingerprint density at radius 1 is 1.00 bits per heavy atom. The standard InChI is InChI=1S/C16H12F2N6/c1-9-11-7-21-16(15-19-3-2-4-20-15)22-12(11)8-24(9)10-5-13(17)23-14(18)6-10/h2-7,9H,8H2,1H3. The van der Waals surface area contributed by atoms with Gasteiger partial charge in [-0.1, -0.05) is 0 Å². The Balaban J connectivity index is 1.70. The van der Waals surface area contributed by atoms with Gasteiger partial charge in [-0.3, -0.25) is 0 Å². The maximum absolute atomic E-state index is 13.4. The van der Waals surface area contributed by atoms with Gasteiger partial charge in [0, 0.05) is 42.0 Å². The molecule has 1 unspecified atom stereocenters. The SMILES string of the molecule is CC1c2cnc(-c3ncccn3)nc2CN1c1cc(F)nc(F)c1. The van der Waals surface area contributed by atoms with Crippen LogP contribution in [-0.4, -0.2) is 24.9 Å². The van der Waals surface area contributed by atoms with Crippen molar-refractivity contribution in [3.63, 3.8) is 0 Å². The minimum atomic E-state index is -0.849. The van der Waals surface area contributed by atoms with E-state index in [1.807, 2.05) is 11.8 Å². The van der Waals surface area contributed by atoms with Crippen LogP contribution < -0.4 is 4.90 Å². The molecule has 6 nitrogen and oxygen atoms in total. The Hall–Kier alpha value is -3.03. The number of hydrogen-bond donors (Lipinski definition) is 0. The van der Waals surface area contributed by atoms with Gasteiger partial charge in [-0.05, 0) is 13.0 Å². The van der Waals surface area contributed by atoms with Gasteiger partial charge < -0.3 is 4.90 Å². The van der Waals surface area contributed by atoms with E-state index in [9.17, 15) is 8.78 Å². The lowest BCUT2D eigenvalue weighted by atomic mass is 10.1. The lowest BCUT2D eigenvalue weighted by molar-refractivity contribution is 0.511. The predicted molar refractivity (Wildman–Crippen MR) is 81.8 cm³/mol. The quantitative estimate of drug-likeness (QED) is 0.675. The van der Waals surface area contributed by atoms with E-state index in [2.05, 4.69) is 24.9 Å². The second-order valence-electron chi connectivity index (χ2n) is 5.44. The average molecular weight is 326 g/mol. The highest BCUT2D eigenvalue weighted by Crippen LogP contribution is 2.36. The van der Waals surface area contributed by atoms with E-state index in [0.717, 1.165) is 11.3 Å². The number of aromatic nitrogens is 5. The molecule has 0 N–H and O–H groups in total. The number of hydrogen-bond acceptors (Lipinski definition) is 6. The number of nitrogens with zero attached hydrogens (tertiary/aromatic N) is 6. The molecule has 1 aliphatic rings. The van der Waals surface area contributed by atoms with Crippen LogP contribution in [-0.2, 0) is 6.54 Å². The first-order valence-electron chi connectivity index (χ1n) is 7.35. The Kier molecular flexibility index (Phi) is 3.37. The molecule has 0 saturated carbocycles. The number of fused-ring (bicyclic) bond motifs is 1. The fraction of sp³-hybridized carbons (Fsp3) is 0.188. The first kappa shape index (κ1) is 14.6. The molecule has 8 heteroatoms. The van der Waals surface area contributed by atoms with Gasteiger partial charge in [0.05, 0.1) is 18.3 Å². The summed E-state index contributed by atoms with van der Waals surface area (Å²) in [5, 5.41) is 0. The Labute approximate surface area is 136 Å².